The van der Waals surface area contributed by atoms with Gasteiger partial charge in [-0.2, -0.15) is 5.26 Å². The van der Waals surface area contributed by atoms with Crippen LogP contribution in [-0.4, -0.2) is 18.0 Å². The molecule has 0 radical (unpaired) electrons. The molecule has 0 unspecified atom stereocenters. The van der Waals surface area contributed by atoms with E-state index in [1.807, 2.05) is 37.4 Å². The largest absolute Gasteiger partial charge is 0.333 e. The van der Waals surface area contributed by atoms with Gasteiger partial charge in [0.15, 0.2) is 6.54 Å². The van der Waals surface area contributed by atoms with Gasteiger partial charge in [0.05, 0.1) is 6.07 Å². The average molecular weight is 383 g/mol. The number of carbonyl (C=O) groups excluding carboxylic acids is 1. The number of nitrogens with zero attached hydrogens (tertiary/aromatic N) is 1. The number of halogens is 1. The summed E-state index contributed by atoms with van der Waals surface area (Å²) in [6.07, 6.45) is 0.943. The van der Waals surface area contributed by atoms with Crippen molar-refractivity contribution in [3.8, 4) is 6.07 Å². The van der Waals surface area contributed by atoms with E-state index in [9.17, 15) is 14.4 Å². The lowest BCUT2D eigenvalue weighted by molar-refractivity contribution is -0.676. The molecule has 4 nitrogen and oxygen atoms in total. The zero-order valence-corrected chi connectivity index (χ0v) is 17.0. The van der Waals surface area contributed by atoms with Crippen molar-refractivity contribution in [2.75, 3.05) is 6.54 Å². The number of rotatable bonds is 8. The van der Waals surface area contributed by atoms with E-state index in [1.54, 1.807) is 13.0 Å². The molecule has 0 aromatic heterocycles. The van der Waals surface area contributed by atoms with Gasteiger partial charge in [0, 0.05) is 11.1 Å². The third kappa shape index (κ3) is 5.40. The van der Waals surface area contributed by atoms with Crippen molar-refractivity contribution in [3.63, 3.8) is 0 Å². The van der Waals surface area contributed by atoms with Crippen molar-refractivity contribution in [2.45, 2.75) is 45.7 Å². The summed E-state index contributed by atoms with van der Waals surface area (Å²) in [5.74, 6) is -0.534. The lowest BCUT2D eigenvalue weighted by atomic mass is 9.90. The molecular formula is C23H29FN3O+. The highest BCUT2D eigenvalue weighted by Gasteiger charge is 2.31. The highest BCUT2D eigenvalue weighted by Crippen LogP contribution is 2.20. The molecule has 0 spiro atoms. The van der Waals surface area contributed by atoms with Crippen molar-refractivity contribution in [1.82, 2.24) is 5.32 Å². The standard InChI is InChI=1S/C23H28FN3O/c1-5-17-9-11-18(12-10-17)22(19-7-6-8-20(24)13-19)26-14-21(28)27-23(4,15-25)16(2)3/h6-13,16,22,26H,5,14H2,1-4H3,(H,27,28)/p+1/t22-,23+/m0/s1. The number of nitrogens with two attached hydrogens (primary N) is 1. The molecule has 2 rings (SSSR count). The molecule has 0 saturated heterocycles. The predicted molar refractivity (Wildman–Crippen MR) is 108 cm³/mol. The van der Waals surface area contributed by atoms with Crippen LogP contribution in [0.2, 0.25) is 0 Å². The number of amides is 1. The summed E-state index contributed by atoms with van der Waals surface area (Å²) in [6, 6.07) is 16.6. The van der Waals surface area contributed by atoms with Crippen LogP contribution in [0.5, 0.6) is 0 Å². The second-order valence-corrected chi connectivity index (χ2v) is 7.58. The maximum atomic E-state index is 13.8. The van der Waals surface area contributed by atoms with Crippen LogP contribution in [0, 0.1) is 23.1 Å². The highest BCUT2D eigenvalue weighted by atomic mass is 19.1. The first-order chi connectivity index (χ1) is 13.3. The molecule has 0 saturated carbocycles. The SMILES string of the molecule is CCc1ccc([C@H]([NH2+]CC(=O)N[C@](C)(C#N)C(C)C)c2cccc(F)c2)cc1. The molecule has 1 amide bonds. The molecule has 5 heteroatoms. The molecule has 0 aliphatic heterocycles. The lowest BCUT2D eigenvalue weighted by Crippen LogP contribution is -2.88. The first-order valence-corrected chi connectivity index (χ1v) is 9.69. The first kappa shape index (κ1) is 21.6. The Hall–Kier alpha value is -2.71. The zero-order valence-electron chi connectivity index (χ0n) is 17.0. The fourth-order valence-corrected chi connectivity index (χ4v) is 2.99. The second-order valence-electron chi connectivity index (χ2n) is 7.58. The normalized spacial score (nSPS) is 14.2. The molecule has 2 aromatic rings. The lowest BCUT2D eigenvalue weighted by Gasteiger charge is -2.27. The molecule has 2 aromatic carbocycles. The van der Waals surface area contributed by atoms with Crippen LogP contribution < -0.4 is 10.6 Å². The van der Waals surface area contributed by atoms with Gasteiger partial charge < -0.3 is 10.6 Å². The van der Waals surface area contributed by atoms with E-state index >= 15 is 0 Å². The highest BCUT2D eigenvalue weighted by molar-refractivity contribution is 5.78. The van der Waals surface area contributed by atoms with E-state index in [1.165, 1.54) is 17.7 Å². The van der Waals surface area contributed by atoms with Gasteiger partial charge in [0.2, 0.25) is 0 Å². The Morgan fingerprint density at radius 2 is 1.89 bits per heavy atom. The molecule has 3 N–H and O–H groups in total. The van der Waals surface area contributed by atoms with Crippen LogP contribution in [0.1, 0.15) is 50.4 Å². The predicted octanol–water partition coefficient (Wildman–Crippen LogP) is 3.10. The Morgan fingerprint density at radius 1 is 1.21 bits per heavy atom. The number of carbonyl (C=O) groups is 1. The van der Waals surface area contributed by atoms with Crippen molar-refractivity contribution < 1.29 is 14.5 Å². The Balaban J connectivity index is 2.20. The minimum absolute atomic E-state index is 0.0120. The van der Waals surface area contributed by atoms with Gasteiger partial charge >= 0.3 is 0 Å². The molecule has 0 bridgehead atoms. The summed E-state index contributed by atoms with van der Waals surface area (Å²) >= 11 is 0. The van der Waals surface area contributed by atoms with Gasteiger partial charge in [-0.15, -0.1) is 0 Å². The molecular weight excluding hydrogens is 353 g/mol. The number of hydrogen-bond acceptors (Lipinski definition) is 2. The van der Waals surface area contributed by atoms with Crippen molar-refractivity contribution in [2.24, 2.45) is 5.92 Å². The van der Waals surface area contributed by atoms with Crippen molar-refractivity contribution >= 4 is 5.91 Å². The van der Waals surface area contributed by atoms with E-state index in [2.05, 4.69) is 30.4 Å². The summed E-state index contributed by atoms with van der Waals surface area (Å²) in [4.78, 5) is 12.5. The van der Waals surface area contributed by atoms with Gasteiger partial charge in [0.1, 0.15) is 17.4 Å². The van der Waals surface area contributed by atoms with Crippen LogP contribution in [0.3, 0.4) is 0 Å². The Morgan fingerprint density at radius 3 is 2.43 bits per heavy atom. The minimum Gasteiger partial charge on any atom is -0.333 e. The second kappa shape index (κ2) is 9.48. The van der Waals surface area contributed by atoms with E-state index < -0.39 is 5.54 Å². The molecule has 0 heterocycles. The third-order valence-electron chi connectivity index (χ3n) is 5.28. The number of aryl methyl sites for hydroxylation is 1. The summed E-state index contributed by atoms with van der Waals surface area (Å²) in [7, 11) is 0. The van der Waals surface area contributed by atoms with Crippen LogP contribution >= 0.6 is 0 Å². The number of quaternary nitrogens is 1. The monoisotopic (exact) mass is 382 g/mol. The number of nitriles is 1. The van der Waals surface area contributed by atoms with E-state index in [0.29, 0.717) is 0 Å². The number of hydrogen-bond donors (Lipinski definition) is 2. The van der Waals surface area contributed by atoms with Gasteiger partial charge in [0.25, 0.3) is 5.91 Å². The summed E-state index contributed by atoms with van der Waals surface area (Å²) in [6.45, 7) is 7.76. The van der Waals surface area contributed by atoms with Gasteiger partial charge in [-0.1, -0.05) is 57.2 Å². The molecule has 0 aliphatic carbocycles. The quantitative estimate of drug-likeness (QED) is 0.737. The smallest absolute Gasteiger partial charge is 0.276 e. The molecule has 148 valence electrons. The Bertz CT molecular complexity index is 842. The summed E-state index contributed by atoms with van der Waals surface area (Å²) < 4.78 is 13.8. The summed E-state index contributed by atoms with van der Waals surface area (Å²) in [5.41, 5.74) is 2.11. The Kier molecular flexibility index (Phi) is 7.31. The zero-order chi connectivity index (χ0) is 20.7. The van der Waals surface area contributed by atoms with E-state index in [4.69, 9.17) is 0 Å². The molecule has 2 atom stereocenters. The van der Waals surface area contributed by atoms with Crippen LogP contribution in [0.4, 0.5) is 4.39 Å². The van der Waals surface area contributed by atoms with Crippen molar-refractivity contribution in [3.05, 3.63) is 71.0 Å². The van der Waals surface area contributed by atoms with Gasteiger partial charge in [-0.05, 0) is 37.0 Å². The average Bonchev–Trinajstić information content (AvgIpc) is 2.68. The molecule has 28 heavy (non-hydrogen) atoms. The van der Waals surface area contributed by atoms with Crippen LogP contribution in [0.25, 0.3) is 0 Å². The topological polar surface area (TPSA) is 69.5 Å². The Labute approximate surface area is 166 Å². The van der Waals surface area contributed by atoms with Gasteiger partial charge in [-0.3, -0.25) is 4.79 Å². The van der Waals surface area contributed by atoms with Crippen molar-refractivity contribution in [1.29, 1.82) is 5.26 Å². The molecule has 0 fully saturated rings. The number of nitrogens with one attached hydrogen (secondary N) is 1. The first-order valence-electron chi connectivity index (χ1n) is 9.69. The summed E-state index contributed by atoms with van der Waals surface area (Å²) in [5, 5.41) is 14.1. The van der Waals surface area contributed by atoms with Crippen LogP contribution in [0.15, 0.2) is 48.5 Å². The van der Waals surface area contributed by atoms with E-state index in [-0.39, 0.29) is 30.2 Å². The fraction of sp³-hybridized carbons (Fsp3) is 0.391. The third-order valence-corrected chi connectivity index (χ3v) is 5.28. The maximum Gasteiger partial charge on any atom is 0.276 e. The maximum absolute atomic E-state index is 13.8. The molecule has 0 aliphatic rings. The fourth-order valence-electron chi connectivity index (χ4n) is 2.99. The minimum atomic E-state index is -0.915. The van der Waals surface area contributed by atoms with E-state index in [0.717, 1.165) is 17.5 Å². The van der Waals surface area contributed by atoms with Gasteiger partial charge in [-0.25, -0.2) is 4.39 Å². The number of benzene rings is 2. The van der Waals surface area contributed by atoms with Crippen LogP contribution in [-0.2, 0) is 11.2 Å².